The monoisotopic (exact) mass is 438 g/mol. The molecule has 0 bridgehead atoms. The molecule has 0 unspecified atom stereocenters. The van der Waals surface area contributed by atoms with Crippen molar-refractivity contribution in [2.75, 3.05) is 24.1 Å². The predicted molar refractivity (Wildman–Crippen MR) is 124 cm³/mol. The van der Waals surface area contributed by atoms with Crippen molar-refractivity contribution >= 4 is 23.1 Å². The first-order valence-corrected chi connectivity index (χ1v) is 10.7. The third-order valence-electron chi connectivity index (χ3n) is 5.87. The zero-order chi connectivity index (χ0) is 22.8. The second kappa shape index (κ2) is 8.68. The summed E-state index contributed by atoms with van der Waals surface area (Å²) < 4.78 is 1.97. The Bertz CT molecular complexity index is 1340. The summed E-state index contributed by atoms with van der Waals surface area (Å²) >= 11 is 0. The van der Waals surface area contributed by atoms with E-state index in [2.05, 4.69) is 26.3 Å². The van der Waals surface area contributed by atoms with Crippen LogP contribution in [0.3, 0.4) is 0 Å². The van der Waals surface area contributed by atoms with Crippen LogP contribution in [0.15, 0.2) is 61.1 Å². The van der Waals surface area contributed by atoms with Gasteiger partial charge in [-0.1, -0.05) is 18.2 Å². The van der Waals surface area contributed by atoms with Gasteiger partial charge in [-0.15, -0.1) is 0 Å². The van der Waals surface area contributed by atoms with E-state index in [-0.39, 0.29) is 11.9 Å². The molecule has 0 spiro atoms. The third-order valence-corrected chi connectivity index (χ3v) is 5.87. The van der Waals surface area contributed by atoms with E-state index < -0.39 is 0 Å². The highest BCUT2D eigenvalue weighted by atomic mass is 16.1. The number of aromatic nitrogens is 4. The Balaban J connectivity index is 1.50. The van der Waals surface area contributed by atoms with Gasteiger partial charge in [-0.25, -0.2) is 15.0 Å². The summed E-state index contributed by atoms with van der Waals surface area (Å²) in [6, 6.07) is 14.8. The summed E-state index contributed by atoms with van der Waals surface area (Å²) in [5.74, 6) is 1.48. The molecule has 164 valence electrons. The van der Waals surface area contributed by atoms with E-state index in [4.69, 9.17) is 10.7 Å². The third kappa shape index (κ3) is 3.88. The molecule has 0 aliphatic carbocycles. The van der Waals surface area contributed by atoms with Crippen molar-refractivity contribution in [1.29, 1.82) is 5.26 Å². The van der Waals surface area contributed by atoms with Crippen molar-refractivity contribution in [2.45, 2.75) is 18.9 Å². The van der Waals surface area contributed by atoms with Gasteiger partial charge in [-0.3, -0.25) is 14.1 Å². The standard InChI is InChI=1S/C24H22N8O/c25-10-14-31-13-3-4-18(31)23-30-20(21-22(26)28-12-15-32(21)23)16-6-8-17(9-7-16)24(33)29-19-5-1-2-11-27-19/h1-2,5-9,11-12,15,18H,3-4,13-14H2,(H2,26,28)(H,27,29,33)/t18-/m0/s1. The number of nitrogens with two attached hydrogens (primary N) is 1. The van der Waals surface area contributed by atoms with E-state index in [1.165, 1.54) is 0 Å². The van der Waals surface area contributed by atoms with Gasteiger partial charge in [0.15, 0.2) is 0 Å². The van der Waals surface area contributed by atoms with E-state index in [0.717, 1.165) is 36.3 Å². The molecule has 33 heavy (non-hydrogen) atoms. The molecule has 1 fully saturated rings. The number of hydrogen-bond acceptors (Lipinski definition) is 7. The number of nitrogens with zero attached hydrogens (tertiary/aromatic N) is 6. The first kappa shape index (κ1) is 20.6. The van der Waals surface area contributed by atoms with Gasteiger partial charge in [0.1, 0.15) is 28.7 Å². The van der Waals surface area contributed by atoms with Crippen molar-refractivity contribution in [1.82, 2.24) is 24.3 Å². The normalized spacial score (nSPS) is 16.0. The van der Waals surface area contributed by atoms with Crippen molar-refractivity contribution in [3.63, 3.8) is 0 Å². The Hall–Kier alpha value is -4.29. The first-order chi connectivity index (χ1) is 16.2. The molecule has 1 aliphatic heterocycles. The number of likely N-dealkylation sites (tertiary alicyclic amines) is 1. The molecule has 9 heteroatoms. The molecule has 1 aliphatic rings. The lowest BCUT2D eigenvalue weighted by Gasteiger charge is -2.20. The molecule has 3 N–H and O–H groups in total. The summed E-state index contributed by atoms with van der Waals surface area (Å²) in [5, 5.41) is 12.0. The highest BCUT2D eigenvalue weighted by molar-refractivity contribution is 6.04. The summed E-state index contributed by atoms with van der Waals surface area (Å²) in [7, 11) is 0. The number of nitrogens with one attached hydrogen (secondary N) is 1. The van der Waals surface area contributed by atoms with Gasteiger partial charge in [-0.05, 0) is 43.7 Å². The fourth-order valence-corrected chi connectivity index (χ4v) is 4.33. The highest BCUT2D eigenvalue weighted by Gasteiger charge is 2.31. The molecule has 4 aromatic rings. The molecule has 0 saturated carbocycles. The highest BCUT2D eigenvalue weighted by Crippen LogP contribution is 2.36. The number of anilines is 2. The van der Waals surface area contributed by atoms with E-state index in [0.29, 0.717) is 29.4 Å². The van der Waals surface area contributed by atoms with Gasteiger partial charge >= 0.3 is 0 Å². The minimum atomic E-state index is -0.241. The topological polar surface area (TPSA) is 125 Å². The fraction of sp³-hybridized carbons (Fsp3) is 0.208. The summed E-state index contributed by atoms with van der Waals surface area (Å²) in [5.41, 5.74) is 9.02. The van der Waals surface area contributed by atoms with Crippen LogP contribution < -0.4 is 11.1 Å². The van der Waals surface area contributed by atoms with Crippen molar-refractivity contribution in [3.8, 4) is 17.3 Å². The number of amides is 1. The number of rotatable bonds is 5. The Morgan fingerprint density at radius 3 is 2.79 bits per heavy atom. The number of carbonyl (C=O) groups is 1. The Morgan fingerprint density at radius 2 is 2.03 bits per heavy atom. The average molecular weight is 438 g/mol. The van der Waals surface area contributed by atoms with Gasteiger partial charge in [0.25, 0.3) is 5.91 Å². The fourth-order valence-electron chi connectivity index (χ4n) is 4.33. The number of benzene rings is 1. The number of nitriles is 1. The molecule has 5 rings (SSSR count). The van der Waals surface area contributed by atoms with Crippen LogP contribution in [-0.4, -0.2) is 43.2 Å². The predicted octanol–water partition coefficient (Wildman–Crippen LogP) is 3.29. The molecule has 4 heterocycles. The van der Waals surface area contributed by atoms with Gasteiger partial charge in [0, 0.05) is 29.7 Å². The van der Waals surface area contributed by atoms with Gasteiger partial charge in [0.05, 0.1) is 18.7 Å². The van der Waals surface area contributed by atoms with Crippen molar-refractivity contribution in [2.24, 2.45) is 0 Å². The van der Waals surface area contributed by atoms with E-state index in [9.17, 15) is 10.1 Å². The largest absolute Gasteiger partial charge is 0.382 e. The van der Waals surface area contributed by atoms with E-state index in [1.54, 1.807) is 36.7 Å². The molecule has 1 aromatic carbocycles. The second-order valence-electron chi connectivity index (χ2n) is 7.88. The van der Waals surface area contributed by atoms with Crippen LogP contribution in [0.4, 0.5) is 11.6 Å². The number of pyridine rings is 1. The van der Waals surface area contributed by atoms with Gasteiger partial charge < -0.3 is 11.1 Å². The number of nitrogen functional groups attached to an aromatic ring is 1. The molecule has 1 saturated heterocycles. The average Bonchev–Trinajstić information content (AvgIpc) is 3.45. The maximum Gasteiger partial charge on any atom is 0.256 e. The maximum atomic E-state index is 12.6. The van der Waals surface area contributed by atoms with E-state index >= 15 is 0 Å². The minimum absolute atomic E-state index is 0.0381. The van der Waals surface area contributed by atoms with Crippen LogP contribution in [0.5, 0.6) is 0 Å². The molecular formula is C24H22N8O. The Morgan fingerprint density at radius 1 is 1.18 bits per heavy atom. The van der Waals surface area contributed by atoms with Crippen LogP contribution in [0, 0.1) is 11.3 Å². The van der Waals surface area contributed by atoms with Crippen LogP contribution in [0.1, 0.15) is 35.1 Å². The van der Waals surface area contributed by atoms with Crippen LogP contribution in [-0.2, 0) is 0 Å². The van der Waals surface area contributed by atoms with Crippen molar-refractivity contribution in [3.05, 3.63) is 72.4 Å². The van der Waals surface area contributed by atoms with Crippen LogP contribution >= 0.6 is 0 Å². The second-order valence-corrected chi connectivity index (χ2v) is 7.88. The SMILES string of the molecule is N#CCN1CCC[C@H]1c1nc(-c2ccc(C(=O)Nc3ccccn3)cc2)c2c(N)nccn12. The lowest BCUT2D eigenvalue weighted by Crippen LogP contribution is -2.25. The van der Waals surface area contributed by atoms with Crippen LogP contribution in [0.25, 0.3) is 16.8 Å². The van der Waals surface area contributed by atoms with Crippen molar-refractivity contribution < 1.29 is 4.79 Å². The first-order valence-electron chi connectivity index (χ1n) is 10.7. The molecule has 3 aromatic heterocycles. The quantitative estimate of drug-likeness (QED) is 0.458. The molecule has 1 amide bonds. The number of imidazole rings is 1. The maximum absolute atomic E-state index is 12.6. The van der Waals surface area contributed by atoms with Gasteiger partial charge in [0.2, 0.25) is 0 Å². The Labute approximate surface area is 190 Å². The lowest BCUT2D eigenvalue weighted by atomic mass is 10.1. The number of carbonyl (C=O) groups excluding carboxylic acids is 1. The van der Waals surface area contributed by atoms with E-state index in [1.807, 2.05) is 28.8 Å². The smallest absolute Gasteiger partial charge is 0.256 e. The zero-order valence-corrected chi connectivity index (χ0v) is 17.8. The number of hydrogen-bond donors (Lipinski definition) is 2. The summed E-state index contributed by atoms with van der Waals surface area (Å²) in [6.07, 6.45) is 7.08. The Kier molecular flexibility index (Phi) is 5.42. The summed E-state index contributed by atoms with van der Waals surface area (Å²) in [4.78, 5) is 28.1. The van der Waals surface area contributed by atoms with Crippen LogP contribution in [0.2, 0.25) is 0 Å². The molecular weight excluding hydrogens is 416 g/mol. The molecule has 0 radical (unpaired) electrons. The minimum Gasteiger partial charge on any atom is -0.382 e. The zero-order valence-electron chi connectivity index (χ0n) is 17.8. The van der Waals surface area contributed by atoms with Gasteiger partial charge in [-0.2, -0.15) is 5.26 Å². The number of fused-ring (bicyclic) bond motifs is 1. The molecule has 1 atom stereocenters. The summed E-state index contributed by atoms with van der Waals surface area (Å²) in [6.45, 7) is 1.22. The molecule has 9 nitrogen and oxygen atoms in total. The lowest BCUT2D eigenvalue weighted by molar-refractivity contribution is 0.102.